The smallest absolute Gasteiger partial charge is 0.304 e. The Hall–Kier alpha value is -1.03. The number of aryl methyl sites for hydroxylation is 1. The van der Waals surface area contributed by atoms with Crippen LogP contribution in [0.3, 0.4) is 0 Å². The Morgan fingerprint density at radius 1 is 1.54 bits per heavy atom. The van der Waals surface area contributed by atoms with Gasteiger partial charge in [0.05, 0.1) is 6.42 Å². The molecule has 0 aliphatic heterocycles. The van der Waals surface area contributed by atoms with Crippen LogP contribution in [0.2, 0.25) is 0 Å². The first-order valence-electron chi connectivity index (χ1n) is 3.98. The van der Waals surface area contributed by atoms with Gasteiger partial charge in [-0.3, -0.25) is 4.79 Å². The fourth-order valence-electron chi connectivity index (χ4n) is 0.840. The van der Waals surface area contributed by atoms with Gasteiger partial charge in [-0.25, -0.2) is 4.57 Å². The summed E-state index contributed by atoms with van der Waals surface area (Å²) in [5, 5.41) is 8.42. The van der Waals surface area contributed by atoms with Gasteiger partial charge in [-0.2, -0.15) is 0 Å². The van der Waals surface area contributed by atoms with E-state index in [2.05, 4.69) is 0 Å². The molecule has 0 saturated heterocycles. The quantitative estimate of drug-likeness (QED) is 0.581. The van der Waals surface area contributed by atoms with Gasteiger partial charge in [0.15, 0.2) is 12.4 Å². The van der Waals surface area contributed by atoms with Gasteiger partial charge in [-0.1, -0.05) is 0 Å². The van der Waals surface area contributed by atoms with Crippen molar-refractivity contribution < 1.29 is 14.5 Å². The highest BCUT2D eigenvalue weighted by Crippen LogP contribution is 2.16. The molecule has 1 N–H and O–H groups in total. The zero-order valence-electron chi connectivity index (χ0n) is 7.43. The second-order valence-corrected chi connectivity index (χ2v) is 3.86. The summed E-state index contributed by atoms with van der Waals surface area (Å²) in [6.07, 6.45) is 4.11. The molecule has 0 spiro atoms. The van der Waals surface area contributed by atoms with E-state index in [4.69, 9.17) is 5.11 Å². The van der Waals surface area contributed by atoms with Gasteiger partial charge in [-0.05, 0) is 0 Å². The molecule has 0 saturated carbocycles. The number of rotatable bonds is 4. The highest BCUT2D eigenvalue weighted by atomic mass is 32.2. The average Bonchev–Trinajstić information content (AvgIpc) is 2.08. The maximum Gasteiger partial charge on any atom is 0.304 e. The Balaban J connectivity index is 2.37. The van der Waals surface area contributed by atoms with E-state index in [1.54, 1.807) is 11.8 Å². The molecule has 0 aromatic carbocycles. The predicted molar refractivity (Wildman–Crippen MR) is 50.6 cm³/mol. The molecule has 1 heterocycles. The van der Waals surface area contributed by atoms with Crippen molar-refractivity contribution in [2.24, 2.45) is 7.05 Å². The number of hydrogen-bond acceptors (Lipinski definition) is 2. The Morgan fingerprint density at radius 3 is 2.69 bits per heavy atom. The molecule has 1 aromatic heterocycles. The third kappa shape index (κ3) is 3.94. The number of hydrogen-bond donors (Lipinski definition) is 1. The van der Waals surface area contributed by atoms with E-state index in [9.17, 15) is 4.79 Å². The Morgan fingerprint density at radius 2 is 2.15 bits per heavy atom. The molecule has 0 atom stereocenters. The summed E-state index contributed by atoms with van der Waals surface area (Å²) in [5.74, 6) is -0.114. The van der Waals surface area contributed by atoms with E-state index in [1.165, 1.54) is 0 Å². The van der Waals surface area contributed by atoms with Gasteiger partial charge in [0, 0.05) is 22.8 Å². The molecule has 1 aromatic rings. The third-order valence-electron chi connectivity index (χ3n) is 1.53. The topological polar surface area (TPSA) is 41.2 Å². The average molecular weight is 198 g/mol. The summed E-state index contributed by atoms with van der Waals surface area (Å²) in [7, 11) is 1.95. The van der Waals surface area contributed by atoms with Gasteiger partial charge in [0.2, 0.25) is 0 Å². The number of carboxylic acids is 1. The molecule has 1 rings (SSSR count). The summed E-state index contributed by atoms with van der Waals surface area (Å²) in [5.41, 5.74) is 0. The van der Waals surface area contributed by atoms with Crippen LogP contribution in [0.4, 0.5) is 0 Å². The first-order chi connectivity index (χ1) is 6.18. The number of aliphatic carboxylic acids is 1. The second-order valence-electron chi connectivity index (χ2n) is 2.69. The zero-order chi connectivity index (χ0) is 9.68. The van der Waals surface area contributed by atoms with Gasteiger partial charge in [0.25, 0.3) is 0 Å². The van der Waals surface area contributed by atoms with Crippen molar-refractivity contribution in [3.8, 4) is 0 Å². The van der Waals surface area contributed by atoms with Crippen molar-refractivity contribution in [1.82, 2.24) is 0 Å². The highest BCUT2D eigenvalue weighted by Gasteiger charge is 1.99. The van der Waals surface area contributed by atoms with Crippen LogP contribution in [-0.4, -0.2) is 16.8 Å². The minimum atomic E-state index is -0.742. The summed E-state index contributed by atoms with van der Waals surface area (Å²) in [4.78, 5) is 11.3. The first-order valence-corrected chi connectivity index (χ1v) is 4.97. The molecule has 0 fully saturated rings. The lowest BCUT2D eigenvalue weighted by Gasteiger charge is -1.96. The van der Waals surface area contributed by atoms with Crippen LogP contribution in [0.25, 0.3) is 0 Å². The molecular weight excluding hydrogens is 186 g/mol. The van der Waals surface area contributed by atoms with Crippen molar-refractivity contribution >= 4 is 17.7 Å². The number of aromatic nitrogens is 1. The number of nitrogens with zero attached hydrogens (tertiary/aromatic N) is 1. The minimum absolute atomic E-state index is 0.214. The Labute approximate surface area is 81.4 Å². The van der Waals surface area contributed by atoms with Crippen molar-refractivity contribution in [2.75, 3.05) is 5.75 Å². The van der Waals surface area contributed by atoms with E-state index in [1.807, 2.05) is 36.1 Å². The maximum absolute atomic E-state index is 10.2. The molecule has 0 bridgehead atoms. The summed E-state index contributed by atoms with van der Waals surface area (Å²) < 4.78 is 1.95. The summed E-state index contributed by atoms with van der Waals surface area (Å²) in [6.45, 7) is 0. The van der Waals surface area contributed by atoms with Crippen LogP contribution in [0.5, 0.6) is 0 Å². The molecule has 0 radical (unpaired) electrons. The van der Waals surface area contributed by atoms with Crippen LogP contribution in [0, 0.1) is 0 Å². The van der Waals surface area contributed by atoms with Crippen LogP contribution < -0.4 is 4.57 Å². The zero-order valence-corrected chi connectivity index (χ0v) is 8.25. The van der Waals surface area contributed by atoms with Crippen molar-refractivity contribution in [1.29, 1.82) is 0 Å². The lowest BCUT2D eigenvalue weighted by atomic mass is 10.5. The number of carbonyl (C=O) groups is 1. The fraction of sp³-hybridized carbons (Fsp3) is 0.333. The number of carboxylic acid groups (broad SMARTS) is 1. The van der Waals surface area contributed by atoms with Gasteiger partial charge >= 0.3 is 5.97 Å². The summed E-state index contributed by atoms with van der Waals surface area (Å²) >= 11 is 1.56. The standard InChI is InChI=1S/C9H11NO2S/c1-10-5-2-8(3-6-10)13-7-4-9(11)12/h2-3,5-6H,4,7H2,1H3/p+1. The maximum atomic E-state index is 10.2. The monoisotopic (exact) mass is 198 g/mol. The van der Waals surface area contributed by atoms with E-state index in [-0.39, 0.29) is 6.42 Å². The second kappa shape index (κ2) is 4.87. The molecule has 0 amide bonds. The molecule has 0 aliphatic rings. The SMILES string of the molecule is C[n+]1ccc(SCCC(=O)O)cc1. The molecule has 13 heavy (non-hydrogen) atoms. The van der Waals surface area contributed by atoms with Gasteiger partial charge in [0.1, 0.15) is 7.05 Å². The van der Waals surface area contributed by atoms with Gasteiger partial charge in [-0.15, -0.1) is 11.8 Å². The van der Waals surface area contributed by atoms with Crippen LogP contribution >= 0.6 is 11.8 Å². The Kier molecular flexibility index (Phi) is 3.76. The van der Waals surface area contributed by atoms with Crippen molar-refractivity contribution in [3.05, 3.63) is 24.5 Å². The first kappa shape index (κ1) is 10.1. The van der Waals surface area contributed by atoms with E-state index in [0.29, 0.717) is 5.75 Å². The predicted octanol–water partition coefficient (Wildman–Crippen LogP) is 1.08. The summed E-state index contributed by atoms with van der Waals surface area (Å²) in [6, 6.07) is 3.96. The molecular formula is C9H12NO2S+. The molecule has 4 heteroatoms. The fourth-order valence-corrected chi connectivity index (χ4v) is 1.67. The van der Waals surface area contributed by atoms with Crippen LogP contribution in [0.15, 0.2) is 29.4 Å². The third-order valence-corrected chi connectivity index (χ3v) is 2.55. The van der Waals surface area contributed by atoms with Crippen molar-refractivity contribution in [3.63, 3.8) is 0 Å². The molecule has 70 valence electrons. The lowest BCUT2D eigenvalue weighted by molar-refractivity contribution is -0.671. The van der Waals surface area contributed by atoms with Crippen LogP contribution in [-0.2, 0) is 11.8 Å². The Bertz CT molecular complexity index is 284. The number of pyridine rings is 1. The number of thioether (sulfide) groups is 1. The molecule has 0 aliphatic carbocycles. The lowest BCUT2D eigenvalue weighted by Crippen LogP contribution is -2.25. The van der Waals surface area contributed by atoms with E-state index < -0.39 is 5.97 Å². The minimum Gasteiger partial charge on any atom is -0.481 e. The highest BCUT2D eigenvalue weighted by molar-refractivity contribution is 7.99. The largest absolute Gasteiger partial charge is 0.481 e. The molecule has 0 unspecified atom stereocenters. The molecule has 3 nitrogen and oxygen atoms in total. The normalized spacial score (nSPS) is 9.92. The van der Waals surface area contributed by atoms with E-state index >= 15 is 0 Å². The van der Waals surface area contributed by atoms with E-state index in [0.717, 1.165) is 4.90 Å². The van der Waals surface area contributed by atoms with Gasteiger partial charge < -0.3 is 5.11 Å². The van der Waals surface area contributed by atoms with Crippen molar-refractivity contribution in [2.45, 2.75) is 11.3 Å². The van der Waals surface area contributed by atoms with Crippen LogP contribution in [0.1, 0.15) is 6.42 Å².